The molecule has 2 aromatic carbocycles. The quantitative estimate of drug-likeness (QED) is 0.715. The summed E-state index contributed by atoms with van der Waals surface area (Å²) in [5, 5.41) is 9.16. The third kappa shape index (κ3) is 3.98. The van der Waals surface area contributed by atoms with Crippen LogP contribution in [0.25, 0.3) is 11.5 Å². The van der Waals surface area contributed by atoms with Gasteiger partial charge in [-0.3, -0.25) is 0 Å². The van der Waals surface area contributed by atoms with Crippen molar-refractivity contribution in [3.63, 3.8) is 0 Å². The van der Waals surface area contributed by atoms with Gasteiger partial charge in [-0.05, 0) is 37.3 Å². The molecule has 1 atom stereocenters. The van der Waals surface area contributed by atoms with Gasteiger partial charge in [0.25, 0.3) is 5.89 Å². The van der Waals surface area contributed by atoms with E-state index in [1.165, 1.54) is 10.6 Å². The molecule has 6 nitrogen and oxygen atoms in total. The van der Waals surface area contributed by atoms with Gasteiger partial charge < -0.3 is 19.0 Å². The van der Waals surface area contributed by atoms with E-state index in [-0.39, 0.29) is 6.04 Å². The third-order valence-corrected chi connectivity index (χ3v) is 5.55. The van der Waals surface area contributed by atoms with Crippen LogP contribution in [0.15, 0.2) is 52.9 Å². The van der Waals surface area contributed by atoms with Crippen LogP contribution in [0.1, 0.15) is 18.9 Å². The van der Waals surface area contributed by atoms with E-state index in [1.54, 1.807) is 7.11 Å². The van der Waals surface area contributed by atoms with Crippen molar-refractivity contribution in [3.8, 4) is 17.2 Å². The molecule has 1 aliphatic rings. The molecule has 0 spiro atoms. The van der Waals surface area contributed by atoms with Crippen LogP contribution in [-0.2, 0) is 0 Å². The Kier molecular flexibility index (Phi) is 5.50. The highest BCUT2D eigenvalue weighted by Gasteiger charge is 2.29. The summed E-state index contributed by atoms with van der Waals surface area (Å²) in [6, 6.07) is 15.8. The van der Waals surface area contributed by atoms with Gasteiger partial charge >= 0.3 is 0 Å². The van der Waals surface area contributed by atoms with E-state index in [2.05, 4.69) is 34.2 Å². The molecule has 0 saturated carbocycles. The molecular formula is C21H24ClN4O2+. The van der Waals surface area contributed by atoms with Gasteiger partial charge in [0.1, 0.15) is 5.75 Å². The second kappa shape index (κ2) is 8.20. The van der Waals surface area contributed by atoms with Gasteiger partial charge in [-0.15, -0.1) is 10.2 Å². The van der Waals surface area contributed by atoms with Crippen LogP contribution in [0, 0.1) is 0 Å². The van der Waals surface area contributed by atoms with E-state index < -0.39 is 0 Å². The van der Waals surface area contributed by atoms with E-state index >= 15 is 0 Å². The van der Waals surface area contributed by atoms with Crippen LogP contribution in [0.5, 0.6) is 5.75 Å². The van der Waals surface area contributed by atoms with Crippen LogP contribution < -0.4 is 14.5 Å². The van der Waals surface area contributed by atoms with Crippen molar-refractivity contribution in [1.29, 1.82) is 0 Å². The predicted molar refractivity (Wildman–Crippen MR) is 109 cm³/mol. The van der Waals surface area contributed by atoms with E-state index in [1.807, 2.05) is 36.4 Å². The van der Waals surface area contributed by atoms with Crippen molar-refractivity contribution in [3.05, 3.63) is 59.4 Å². The highest BCUT2D eigenvalue weighted by atomic mass is 35.5. The van der Waals surface area contributed by atoms with Gasteiger partial charge in [0.15, 0.2) is 6.04 Å². The second-order valence-corrected chi connectivity index (χ2v) is 7.46. The molecule has 1 saturated heterocycles. The van der Waals surface area contributed by atoms with Crippen molar-refractivity contribution < 1.29 is 14.1 Å². The first-order valence-corrected chi connectivity index (χ1v) is 9.85. The molecule has 0 aliphatic carbocycles. The van der Waals surface area contributed by atoms with E-state index in [0.717, 1.165) is 37.5 Å². The first kappa shape index (κ1) is 18.8. The summed E-state index contributed by atoms with van der Waals surface area (Å²) in [7, 11) is 1.70. The zero-order valence-electron chi connectivity index (χ0n) is 16.1. The van der Waals surface area contributed by atoms with Crippen molar-refractivity contribution >= 4 is 17.3 Å². The lowest BCUT2D eigenvalue weighted by atomic mass is 10.2. The van der Waals surface area contributed by atoms with Crippen molar-refractivity contribution in [2.45, 2.75) is 13.0 Å². The van der Waals surface area contributed by atoms with Crippen LogP contribution in [-0.4, -0.2) is 43.5 Å². The van der Waals surface area contributed by atoms with E-state index in [0.29, 0.717) is 16.8 Å². The Morgan fingerprint density at radius 3 is 2.64 bits per heavy atom. The lowest BCUT2D eigenvalue weighted by molar-refractivity contribution is -0.931. The SMILES string of the molecule is COc1cccc(N2CC[NH+]([C@H](C)c3nnc(-c4cccc(Cl)c4)o3)CC2)c1. The van der Waals surface area contributed by atoms with Crippen LogP contribution in [0.4, 0.5) is 5.69 Å². The van der Waals surface area contributed by atoms with Crippen molar-refractivity contribution in [2.75, 3.05) is 38.2 Å². The van der Waals surface area contributed by atoms with E-state index in [9.17, 15) is 0 Å². The maximum atomic E-state index is 6.06. The predicted octanol–water partition coefficient (Wildman–Crippen LogP) is 2.86. The Balaban J connectivity index is 1.41. The number of quaternary nitrogens is 1. The number of benzene rings is 2. The molecule has 3 aromatic rings. The number of anilines is 1. The van der Waals surface area contributed by atoms with Gasteiger partial charge in [-0.2, -0.15) is 0 Å². The fourth-order valence-electron chi connectivity index (χ4n) is 3.61. The van der Waals surface area contributed by atoms with Crippen LogP contribution >= 0.6 is 11.6 Å². The minimum atomic E-state index is 0.146. The van der Waals surface area contributed by atoms with Crippen molar-refractivity contribution in [2.24, 2.45) is 0 Å². The largest absolute Gasteiger partial charge is 0.497 e. The summed E-state index contributed by atoms with van der Waals surface area (Å²) in [6.45, 7) is 6.11. The summed E-state index contributed by atoms with van der Waals surface area (Å²) in [4.78, 5) is 3.84. The number of ether oxygens (including phenoxy) is 1. The Morgan fingerprint density at radius 1 is 1.11 bits per heavy atom. The minimum absolute atomic E-state index is 0.146. The molecule has 7 heteroatoms. The highest BCUT2D eigenvalue weighted by Crippen LogP contribution is 2.23. The number of rotatable bonds is 5. The lowest BCUT2D eigenvalue weighted by Gasteiger charge is -2.35. The van der Waals surface area contributed by atoms with Gasteiger partial charge in [-0.25, -0.2) is 0 Å². The summed E-state index contributed by atoms with van der Waals surface area (Å²) in [6.07, 6.45) is 0. The maximum absolute atomic E-state index is 6.06. The van der Waals surface area contributed by atoms with Gasteiger partial charge in [-0.1, -0.05) is 23.7 Å². The average Bonchev–Trinajstić information content (AvgIpc) is 3.24. The molecule has 2 heterocycles. The second-order valence-electron chi connectivity index (χ2n) is 7.02. The number of methoxy groups -OCH3 is 1. The Labute approximate surface area is 169 Å². The molecule has 0 amide bonds. The number of aromatic nitrogens is 2. The molecule has 1 aliphatic heterocycles. The molecule has 0 bridgehead atoms. The van der Waals surface area contributed by atoms with Gasteiger partial charge in [0, 0.05) is 22.3 Å². The average molecular weight is 400 g/mol. The van der Waals surface area contributed by atoms with E-state index in [4.69, 9.17) is 20.8 Å². The fraction of sp³-hybridized carbons (Fsp3) is 0.333. The van der Waals surface area contributed by atoms with Gasteiger partial charge in [0.2, 0.25) is 5.89 Å². The lowest BCUT2D eigenvalue weighted by Crippen LogP contribution is -3.14. The first-order valence-electron chi connectivity index (χ1n) is 9.47. The normalized spacial score (nSPS) is 16.2. The summed E-state index contributed by atoms with van der Waals surface area (Å²) >= 11 is 6.06. The fourth-order valence-corrected chi connectivity index (χ4v) is 3.80. The summed E-state index contributed by atoms with van der Waals surface area (Å²) < 4.78 is 11.3. The summed E-state index contributed by atoms with van der Waals surface area (Å²) in [5.74, 6) is 2.07. The monoisotopic (exact) mass is 399 g/mol. The van der Waals surface area contributed by atoms with Crippen LogP contribution in [0.2, 0.25) is 5.02 Å². The van der Waals surface area contributed by atoms with Crippen LogP contribution in [0.3, 0.4) is 0 Å². The molecule has 0 unspecified atom stereocenters. The number of nitrogens with one attached hydrogen (secondary N) is 1. The highest BCUT2D eigenvalue weighted by molar-refractivity contribution is 6.30. The Bertz CT molecular complexity index is 937. The number of halogens is 1. The molecule has 4 rings (SSSR count). The zero-order chi connectivity index (χ0) is 19.5. The zero-order valence-corrected chi connectivity index (χ0v) is 16.8. The summed E-state index contributed by atoms with van der Waals surface area (Å²) in [5.41, 5.74) is 2.04. The molecule has 1 fully saturated rings. The maximum Gasteiger partial charge on any atom is 0.274 e. The molecule has 146 valence electrons. The van der Waals surface area contributed by atoms with Crippen molar-refractivity contribution in [1.82, 2.24) is 10.2 Å². The van der Waals surface area contributed by atoms with Gasteiger partial charge in [0.05, 0.1) is 33.3 Å². The molecule has 1 N–H and O–H groups in total. The number of piperazine rings is 1. The first-order chi connectivity index (χ1) is 13.6. The number of hydrogen-bond acceptors (Lipinski definition) is 5. The molecule has 28 heavy (non-hydrogen) atoms. The minimum Gasteiger partial charge on any atom is -0.497 e. The molecule has 0 radical (unpaired) electrons. The Hall–Kier alpha value is -2.57. The standard InChI is InChI=1S/C21H23ClN4O2/c1-15(20-23-24-21(28-20)16-5-3-6-17(22)13-16)25-9-11-26(12-10-25)18-7-4-8-19(14-18)27-2/h3-8,13-15H,9-12H2,1-2H3/p+1/t15-/m1/s1. The molecule has 1 aromatic heterocycles. The smallest absolute Gasteiger partial charge is 0.274 e. The Morgan fingerprint density at radius 2 is 1.89 bits per heavy atom. The number of nitrogens with zero attached hydrogens (tertiary/aromatic N) is 3. The topological polar surface area (TPSA) is 55.8 Å². The number of hydrogen-bond donors (Lipinski definition) is 1. The molecular weight excluding hydrogens is 376 g/mol. The third-order valence-electron chi connectivity index (χ3n) is 5.32.